The zero-order valence-electron chi connectivity index (χ0n) is 8.12. The van der Waals surface area contributed by atoms with Gasteiger partial charge in [0.1, 0.15) is 0 Å². The van der Waals surface area contributed by atoms with E-state index in [9.17, 15) is 4.79 Å². The number of benzene rings is 1. The molecule has 0 bridgehead atoms. The third-order valence-corrected chi connectivity index (χ3v) is 1.45. The van der Waals surface area contributed by atoms with Gasteiger partial charge in [0.15, 0.2) is 0 Å². The van der Waals surface area contributed by atoms with Crippen LogP contribution >= 0.6 is 0 Å². The van der Waals surface area contributed by atoms with E-state index in [4.69, 9.17) is 4.74 Å². The van der Waals surface area contributed by atoms with Crippen molar-refractivity contribution in [3.05, 3.63) is 35.9 Å². The van der Waals surface area contributed by atoms with E-state index in [1.165, 1.54) is 0 Å². The van der Waals surface area contributed by atoms with Crippen molar-refractivity contribution >= 4 is 24.8 Å². The first-order chi connectivity index (χ1) is 5.84. The molecule has 65 valence electrons. The van der Waals surface area contributed by atoms with Crippen molar-refractivity contribution in [3.8, 4) is 0 Å². The normalized spacial score (nSPS) is 8.69. The van der Waals surface area contributed by atoms with E-state index < -0.39 is 0 Å². The third-order valence-electron chi connectivity index (χ3n) is 1.45. The zero-order valence-corrected chi connectivity index (χ0v) is 8.12. The van der Waals surface area contributed by atoms with Crippen molar-refractivity contribution in [3.63, 3.8) is 0 Å². The van der Waals surface area contributed by atoms with E-state index in [1.54, 1.807) is 12.1 Å². The first-order valence-corrected chi connectivity index (χ1v) is 4.06. The van der Waals surface area contributed by atoms with Crippen LogP contribution in [0.4, 0.5) is 0 Å². The maximum absolute atomic E-state index is 11.2. The van der Waals surface area contributed by atoms with Crippen LogP contribution in [0.1, 0.15) is 23.7 Å². The second kappa shape index (κ2) is 6.77. The van der Waals surface area contributed by atoms with Crippen molar-refractivity contribution in [2.75, 3.05) is 6.61 Å². The van der Waals surface area contributed by atoms with Gasteiger partial charge in [-0.3, -0.25) is 0 Å². The molecule has 1 rings (SSSR count). The fraction of sp³-hybridized carbons (Fsp3) is 0.300. The number of rotatable bonds is 3. The Morgan fingerprint density at radius 2 is 1.92 bits per heavy atom. The molecule has 0 aliphatic heterocycles. The number of hydrogen-bond donors (Lipinski definition) is 0. The summed E-state index contributed by atoms with van der Waals surface area (Å²) in [7, 11) is 0. The Kier molecular flexibility index (Phi) is 6.40. The summed E-state index contributed by atoms with van der Waals surface area (Å²) in [6.45, 7) is 2.46. The van der Waals surface area contributed by atoms with Gasteiger partial charge in [-0.15, -0.1) is 0 Å². The quantitative estimate of drug-likeness (QED) is 0.512. The monoisotopic (exact) mass is 171 g/mol. The topological polar surface area (TPSA) is 26.3 Å². The largest absolute Gasteiger partial charge is 0.462 e. The minimum absolute atomic E-state index is 0. The third kappa shape index (κ3) is 4.17. The van der Waals surface area contributed by atoms with Gasteiger partial charge in [-0.1, -0.05) is 25.1 Å². The number of hydrogen-bond acceptors (Lipinski definition) is 2. The predicted molar refractivity (Wildman–Crippen MR) is 52.8 cm³/mol. The van der Waals surface area contributed by atoms with Crippen molar-refractivity contribution < 1.29 is 9.53 Å². The first kappa shape index (κ1) is 12.3. The van der Waals surface area contributed by atoms with E-state index in [2.05, 4.69) is 0 Å². The summed E-state index contributed by atoms with van der Waals surface area (Å²) in [6, 6.07) is 9.01. The second-order valence-corrected chi connectivity index (χ2v) is 2.50. The van der Waals surface area contributed by atoms with Crippen LogP contribution in [0.3, 0.4) is 0 Å². The molecule has 0 aromatic heterocycles. The minimum Gasteiger partial charge on any atom is -0.462 e. The summed E-state index contributed by atoms with van der Waals surface area (Å²) < 4.78 is 4.94. The van der Waals surface area contributed by atoms with Crippen LogP contribution in [0.25, 0.3) is 0 Å². The Hall–Kier alpha value is -0.713. The van der Waals surface area contributed by atoms with Crippen molar-refractivity contribution in [2.45, 2.75) is 13.3 Å². The molecule has 0 amide bonds. The summed E-state index contributed by atoms with van der Waals surface area (Å²) in [5.41, 5.74) is 0.617. The number of carbonyl (C=O) groups is 1. The second-order valence-electron chi connectivity index (χ2n) is 2.50. The number of esters is 1. The molecule has 1 radical (unpaired) electrons. The van der Waals surface area contributed by atoms with Crippen LogP contribution in [-0.2, 0) is 4.74 Å². The maximum atomic E-state index is 11.2. The number of ether oxygens (including phenoxy) is 1. The predicted octanol–water partition coefficient (Wildman–Crippen LogP) is 1.87. The molecule has 0 N–H and O–H groups in total. The molecule has 0 saturated heterocycles. The molecule has 1 aromatic carbocycles. The molecule has 0 atom stereocenters. The Morgan fingerprint density at radius 3 is 2.46 bits per heavy atom. The van der Waals surface area contributed by atoms with Crippen LogP contribution in [-0.4, -0.2) is 31.4 Å². The van der Waals surface area contributed by atoms with Gasteiger partial charge in [0.25, 0.3) is 0 Å². The van der Waals surface area contributed by atoms with Gasteiger partial charge in [0.05, 0.1) is 12.2 Å². The molecule has 0 fully saturated rings. The van der Waals surface area contributed by atoms with E-state index in [0.717, 1.165) is 6.42 Å². The molecule has 0 unspecified atom stereocenters. The van der Waals surface area contributed by atoms with Gasteiger partial charge < -0.3 is 4.74 Å². The van der Waals surface area contributed by atoms with Gasteiger partial charge in [0.2, 0.25) is 0 Å². The molecule has 0 aliphatic carbocycles. The van der Waals surface area contributed by atoms with Gasteiger partial charge in [-0.2, -0.15) is 0 Å². The standard InChI is InChI=1S/C10H12O2.Li/c1-2-8-12-10(11)9-6-4-3-5-7-9;/h3-7H,2,8H2,1H3;. The van der Waals surface area contributed by atoms with E-state index in [0.29, 0.717) is 12.2 Å². The van der Waals surface area contributed by atoms with Gasteiger partial charge in [0, 0.05) is 18.9 Å². The fourth-order valence-electron chi connectivity index (χ4n) is 0.852. The SMILES string of the molecule is CCCOC(=O)c1ccccc1.[Li]. The summed E-state index contributed by atoms with van der Waals surface area (Å²) in [4.78, 5) is 11.2. The van der Waals surface area contributed by atoms with Gasteiger partial charge in [-0.05, 0) is 18.6 Å². The van der Waals surface area contributed by atoms with Crippen LogP contribution in [0.2, 0.25) is 0 Å². The first-order valence-electron chi connectivity index (χ1n) is 4.06. The van der Waals surface area contributed by atoms with Crippen LogP contribution < -0.4 is 0 Å². The molecule has 13 heavy (non-hydrogen) atoms. The Labute approximate surface area is 90.5 Å². The molecule has 3 heteroatoms. The fourth-order valence-corrected chi connectivity index (χ4v) is 0.852. The molecule has 0 aliphatic rings. The van der Waals surface area contributed by atoms with Crippen LogP contribution in [0.5, 0.6) is 0 Å². The van der Waals surface area contributed by atoms with E-state index in [1.807, 2.05) is 25.1 Å². The molecular weight excluding hydrogens is 159 g/mol. The molecule has 2 nitrogen and oxygen atoms in total. The summed E-state index contributed by atoms with van der Waals surface area (Å²) in [5.74, 6) is -0.238. The Balaban J connectivity index is 0.00000144. The Morgan fingerprint density at radius 1 is 1.31 bits per heavy atom. The van der Waals surface area contributed by atoms with E-state index >= 15 is 0 Å². The zero-order chi connectivity index (χ0) is 8.81. The Bertz CT molecular complexity index is 246. The summed E-state index contributed by atoms with van der Waals surface area (Å²) >= 11 is 0. The molecule has 0 heterocycles. The summed E-state index contributed by atoms with van der Waals surface area (Å²) in [5, 5.41) is 0. The maximum Gasteiger partial charge on any atom is 0.338 e. The molecule has 1 aromatic rings. The average molecular weight is 171 g/mol. The van der Waals surface area contributed by atoms with Crippen molar-refractivity contribution in [1.82, 2.24) is 0 Å². The van der Waals surface area contributed by atoms with E-state index in [-0.39, 0.29) is 24.8 Å². The van der Waals surface area contributed by atoms with Crippen molar-refractivity contribution in [1.29, 1.82) is 0 Å². The van der Waals surface area contributed by atoms with Gasteiger partial charge in [-0.25, -0.2) is 4.79 Å². The minimum atomic E-state index is -0.238. The van der Waals surface area contributed by atoms with Gasteiger partial charge >= 0.3 is 5.97 Å². The average Bonchev–Trinajstić information content (AvgIpc) is 2.15. The van der Waals surface area contributed by atoms with Crippen LogP contribution in [0.15, 0.2) is 30.3 Å². The summed E-state index contributed by atoms with van der Waals surface area (Å²) in [6.07, 6.45) is 0.860. The number of carbonyl (C=O) groups excluding carboxylic acids is 1. The molecular formula is C10H12LiO2. The van der Waals surface area contributed by atoms with Crippen LogP contribution in [0, 0.1) is 0 Å². The molecule has 0 spiro atoms. The van der Waals surface area contributed by atoms with Crippen molar-refractivity contribution in [2.24, 2.45) is 0 Å². The molecule has 0 saturated carbocycles. The smallest absolute Gasteiger partial charge is 0.338 e.